The predicted molar refractivity (Wildman–Crippen MR) is 66.6 cm³/mol. The second kappa shape index (κ2) is 7.57. The molecule has 0 saturated carbocycles. The van der Waals surface area contributed by atoms with Crippen LogP contribution in [0.3, 0.4) is 0 Å². The van der Waals surface area contributed by atoms with E-state index in [9.17, 15) is 13.2 Å². The molecule has 0 spiro atoms. The van der Waals surface area contributed by atoms with E-state index in [1.807, 2.05) is 6.07 Å². The molecule has 0 fully saturated rings. The summed E-state index contributed by atoms with van der Waals surface area (Å²) in [5.41, 5.74) is 6.39. The van der Waals surface area contributed by atoms with Gasteiger partial charge in [0.1, 0.15) is 19.0 Å². The number of halogens is 4. The van der Waals surface area contributed by atoms with Gasteiger partial charge in [-0.25, -0.2) is 0 Å². The van der Waals surface area contributed by atoms with Crippen molar-refractivity contribution in [3.63, 3.8) is 0 Å². The molecule has 7 heteroatoms. The van der Waals surface area contributed by atoms with Crippen LogP contribution in [0.15, 0.2) is 18.2 Å². The zero-order valence-corrected chi connectivity index (χ0v) is 10.9. The lowest BCUT2D eigenvalue weighted by Gasteiger charge is -2.10. The predicted octanol–water partition coefficient (Wildman–Crippen LogP) is 2.80. The van der Waals surface area contributed by atoms with Crippen LogP contribution >= 0.6 is 11.6 Å². The highest BCUT2D eigenvalue weighted by Crippen LogP contribution is 2.25. The van der Waals surface area contributed by atoms with E-state index in [1.54, 1.807) is 12.1 Å². The van der Waals surface area contributed by atoms with Gasteiger partial charge in [-0.1, -0.05) is 17.7 Å². The van der Waals surface area contributed by atoms with E-state index in [4.69, 9.17) is 22.1 Å². The minimum Gasteiger partial charge on any atom is -0.490 e. The SMILES string of the molecule is NCCc1ccc(OCCOCC(F)(F)F)c(Cl)c1. The van der Waals surface area contributed by atoms with E-state index in [0.29, 0.717) is 23.7 Å². The van der Waals surface area contributed by atoms with Crippen molar-refractivity contribution in [1.29, 1.82) is 0 Å². The number of rotatable bonds is 7. The van der Waals surface area contributed by atoms with Gasteiger partial charge in [-0.2, -0.15) is 13.2 Å². The van der Waals surface area contributed by atoms with Gasteiger partial charge in [0, 0.05) is 0 Å². The van der Waals surface area contributed by atoms with Crippen LogP contribution in [0.1, 0.15) is 5.56 Å². The third-order valence-electron chi connectivity index (χ3n) is 2.18. The molecule has 19 heavy (non-hydrogen) atoms. The Bertz CT molecular complexity index is 399. The van der Waals surface area contributed by atoms with Crippen LogP contribution in [0.4, 0.5) is 13.2 Å². The van der Waals surface area contributed by atoms with Crippen molar-refractivity contribution in [2.45, 2.75) is 12.6 Å². The molecule has 0 saturated heterocycles. The van der Waals surface area contributed by atoms with Crippen molar-refractivity contribution < 1.29 is 22.6 Å². The molecule has 2 N–H and O–H groups in total. The van der Waals surface area contributed by atoms with Crippen molar-refractivity contribution in [3.05, 3.63) is 28.8 Å². The second-order valence-corrected chi connectivity index (χ2v) is 4.23. The van der Waals surface area contributed by atoms with Gasteiger partial charge in [0.15, 0.2) is 0 Å². The summed E-state index contributed by atoms with van der Waals surface area (Å²) >= 11 is 5.96. The Hall–Kier alpha value is -0.980. The molecule has 108 valence electrons. The molecule has 0 bridgehead atoms. The number of ether oxygens (including phenoxy) is 2. The van der Waals surface area contributed by atoms with Gasteiger partial charge < -0.3 is 15.2 Å². The minimum atomic E-state index is -4.32. The second-order valence-electron chi connectivity index (χ2n) is 3.82. The minimum absolute atomic E-state index is 0.00599. The first-order valence-corrected chi connectivity index (χ1v) is 6.06. The van der Waals surface area contributed by atoms with Crippen LogP contribution in [-0.4, -0.2) is 32.5 Å². The van der Waals surface area contributed by atoms with E-state index < -0.39 is 12.8 Å². The molecule has 0 unspecified atom stereocenters. The molecule has 0 atom stereocenters. The van der Waals surface area contributed by atoms with Crippen molar-refractivity contribution in [2.75, 3.05) is 26.4 Å². The molecule has 0 aliphatic carbocycles. The van der Waals surface area contributed by atoms with E-state index >= 15 is 0 Å². The van der Waals surface area contributed by atoms with E-state index in [2.05, 4.69) is 4.74 Å². The van der Waals surface area contributed by atoms with Gasteiger partial charge in [-0.3, -0.25) is 0 Å². The van der Waals surface area contributed by atoms with Crippen LogP contribution in [-0.2, 0) is 11.2 Å². The topological polar surface area (TPSA) is 44.5 Å². The van der Waals surface area contributed by atoms with Crippen LogP contribution in [0.2, 0.25) is 5.02 Å². The lowest BCUT2D eigenvalue weighted by Crippen LogP contribution is -2.19. The molecule has 0 heterocycles. The van der Waals surface area contributed by atoms with Gasteiger partial charge in [0.2, 0.25) is 0 Å². The Morgan fingerprint density at radius 2 is 1.95 bits per heavy atom. The van der Waals surface area contributed by atoms with Gasteiger partial charge in [0.05, 0.1) is 11.6 Å². The Balaban J connectivity index is 2.33. The summed E-state index contributed by atoms with van der Waals surface area (Å²) in [7, 11) is 0. The van der Waals surface area contributed by atoms with Gasteiger partial charge in [-0.15, -0.1) is 0 Å². The van der Waals surface area contributed by atoms with Gasteiger partial charge in [0.25, 0.3) is 0 Å². The molecular weight excluding hydrogens is 283 g/mol. The molecule has 3 nitrogen and oxygen atoms in total. The van der Waals surface area contributed by atoms with Crippen LogP contribution < -0.4 is 10.5 Å². The van der Waals surface area contributed by atoms with Crippen molar-refractivity contribution >= 4 is 11.6 Å². The van der Waals surface area contributed by atoms with Crippen LogP contribution in [0.5, 0.6) is 5.75 Å². The largest absolute Gasteiger partial charge is 0.490 e. The quantitative estimate of drug-likeness (QED) is 0.787. The Labute approximate surface area is 114 Å². The number of hydrogen-bond acceptors (Lipinski definition) is 3. The third kappa shape index (κ3) is 6.66. The number of nitrogens with two attached hydrogens (primary N) is 1. The normalized spacial score (nSPS) is 11.6. The lowest BCUT2D eigenvalue weighted by atomic mass is 10.1. The van der Waals surface area contributed by atoms with Crippen LogP contribution in [0, 0.1) is 0 Å². The highest BCUT2D eigenvalue weighted by atomic mass is 35.5. The summed E-state index contributed by atoms with van der Waals surface area (Å²) in [6.45, 7) is -0.909. The maximum atomic E-state index is 11.8. The average molecular weight is 298 g/mol. The molecule has 0 aromatic heterocycles. The maximum Gasteiger partial charge on any atom is 0.411 e. The fourth-order valence-electron chi connectivity index (χ4n) is 1.38. The highest BCUT2D eigenvalue weighted by molar-refractivity contribution is 6.32. The summed E-state index contributed by atoms with van der Waals surface area (Å²) in [6, 6.07) is 5.20. The average Bonchev–Trinajstić information content (AvgIpc) is 2.30. The zero-order chi connectivity index (χ0) is 14.3. The summed E-state index contributed by atoms with van der Waals surface area (Å²) in [5.74, 6) is 0.415. The van der Waals surface area contributed by atoms with Gasteiger partial charge in [-0.05, 0) is 30.7 Å². The van der Waals surface area contributed by atoms with Gasteiger partial charge >= 0.3 is 6.18 Å². The van der Waals surface area contributed by atoms with Crippen molar-refractivity contribution in [3.8, 4) is 5.75 Å². The standard InChI is InChI=1S/C12H15ClF3NO2/c13-10-7-9(3-4-17)1-2-11(10)19-6-5-18-8-12(14,15)16/h1-2,7H,3-6,8,17H2. The molecule has 1 aromatic carbocycles. The van der Waals surface area contributed by atoms with E-state index in [-0.39, 0.29) is 13.2 Å². The summed E-state index contributed by atoms with van der Waals surface area (Å²) in [5, 5.41) is 0.404. The molecule has 0 radical (unpaired) electrons. The number of alkyl halides is 3. The molecular formula is C12H15ClF3NO2. The Morgan fingerprint density at radius 1 is 1.21 bits per heavy atom. The fraction of sp³-hybridized carbons (Fsp3) is 0.500. The van der Waals surface area contributed by atoms with Crippen molar-refractivity contribution in [2.24, 2.45) is 5.73 Å². The van der Waals surface area contributed by atoms with E-state index in [0.717, 1.165) is 5.56 Å². The molecule has 0 aliphatic rings. The first-order valence-electron chi connectivity index (χ1n) is 5.68. The fourth-order valence-corrected chi connectivity index (χ4v) is 1.64. The zero-order valence-electron chi connectivity index (χ0n) is 10.2. The molecule has 1 rings (SSSR count). The van der Waals surface area contributed by atoms with E-state index in [1.165, 1.54) is 0 Å². The van der Waals surface area contributed by atoms with Crippen LogP contribution in [0.25, 0.3) is 0 Å². The highest BCUT2D eigenvalue weighted by Gasteiger charge is 2.27. The summed E-state index contributed by atoms with van der Waals surface area (Å²) in [6.07, 6.45) is -3.61. The monoisotopic (exact) mass is 297 g/mol. The molecule has 1 aromatic rings. The Morgan fingerprint density at radius 3 is 2.53 bits per heavy atom. The first kappa shape index (κ1) is 16.1. The number of benzene rings is 1. The molecule has 0 aliphatic heterocycles. The van der Waals surface area contributed by atoms with Crippen molar-refractivity contribution in [1.82, 2.24) is 0 Å². The summed E-state index contributed by atoms with van der Waals surface area (Å²) in [4.78, 5) is 0. The Kier molecular flexibility index (Phi) is 6.41. The smallest absolute Gasteiger partial charge is 0.411 e. The number of hydrogen-bond donors (Lipinski definition) is 1. The maximum absolute atomic E-state index is 11.8. The third-order valence-corrected chi connectivity index (χ3v) is 2.48. The lowest BCUT2D eigenvalue weighted by molar-refractivity contribution is -0.175. The first-order chi connectivity index (χ1) is 8.92. The summed E-state index contributed by atoms with van der Waals surface area (Å²) < 4.78 is 45.0. The molecule has 0 amide bonds.